The van der Waals surface area contributed by atoms with Crippen LogP contribution in [0.5, 0.6) is 0 Å². The first kappa shape index (κ1) is 6.87. The molecule has 5 nitrogen and oxygen atoms in total. The van der Waals surface area contributed by atoms with E-state index < -0.39 is 0 Å². The maximum atomic E-state index is 10.6. The summed E-state index contributed by atoms with van der Waals surface area (Å²) in [6, 6.07) is 0. The zero-order chi connectivity index (χ0) is 7.84. The van der Waals surface area contributed by atoms with Gasteiger partial charge in [0, 0.05) is 6.42 Å². The zero-order valence-electron chi connectivity index (χ0n) is 5.90. The fraction of sp³-hybridized carbons (Fsp3) is 0.833. The molecular formula is C6H9NO4. The van der Waals surface area contributed by atoms with E-state index in [2.05, 4.69) is 0 Å². The Morgan fingerprint density at radius 2 is 2.55 bits per heavy atom. The van der Waals surface area contributed by atoms with Crippen LogP contribution in [0.4, 0.5) is 4.79 Å². The molecule has 0 aromatic heterocycles. The summed E-state index contributed by atoms with van der Waals surface area (Å²) in [7, 11) is 0. The third-order valence-corrected chi connectivity index (χ3v) is 1.94. The number of nitrogens with zero attached hydrogens (tertiary/aromatic N) is 1. The van der Waals surface area contributed by atoms with Gasteiger partial charge in [-0.05, 0) is 0 Å². The number of carbonyl (C=O) groups is 1. The molecule has 1 amide bonds. The van der Waals surface area contributed by atoms with Gasteiger partial charge in [-0.2, -0.15) is 0 Å². The highest BCUT2D eigenvalue weighted by atomic mass is 16.6. The lowest BCUT2D eigenvalue weighted by Crippen LogP contribution is -2.60. The molecule has 2 saturated heterocycles. The van der Waals surface area contributed by atoms with Crippen LogP contribution in [0.1, 0.15) is 6.42 Å². The highest BCUT2D eigenvalue weighted by molar-refractivity contribution is 5.72. The van der Waals surface area contributed by atoms with Crippen LogP contribution in [0.15, 0.2) is 0 Å². The summed E-state index contributed by atoms with van der Waals surface area (Å²) >= 11 is 0. The highest BCUT2D eigenvalue weighted by Crippen LogP contribution is 2.26. The number of hydrogen-bond acceptors (Lipinski definition) is 4. The summed E-state index contributed by atoms with van der Waals surface area (Å²) < 4.78 is 9.88. The van der Waals surface area contributed by atoms with E-state index in [9.17, 15) is 4.79 Å². The number of aliphatic hydroxyl groups excluding tert-OH is 1. The van der Waals surface area contributed by atoms with Crippen LogP contribution in [0.25, 0.3) is 0 Å². The smallest absolute Gasteiger partial charge is 0.416 e. The van der Waals surface area contributed by atoms with Crippen molar-refractivity contribution in [2.75, 3.05) is 13.3 Å². The van der Waals surface area contributed by atoms with Gasteiger partial charge >= 0.3 is 6.09 Å². The SMILES string of the molecule is O=C1OC2CC(CO)OCN12. The summed E-state index contributed by atoms with van der Waals surface area (Å²) in [6.07, 6.45) is -0.0912. The largest absolute Gasteiger partial charge is 0.425 e. The van der Waals surface area contributed by atoms with Crippen LogP contribution in [0.3, 0.4) is 0 Å². The van der Waals surface area contributed by atoms with Crippen molar-refractivity contribution in [3.8, 4) is 0 Å². The predicted octanol–water partition coefficient (Wildman–Crippen LogP) is -0.497. The lowest BCUT2D eigenvalue weighted by molar-refractivity contribution is -0.209. The van der Waals surface area contributed by atoms with Crippen LogP contribution in [0.2, 0.25) is 0 Å². The van der Waals surface area contributed by atoms with Gasteiger partial charge in [-0.15, -0.1) is 0 Å². The summed E-state index contributed by atoms with van der Waals surface area (Å²) in [5.41, 5.74) is 0. The molecule has 0 radical (unpaired) electrons. The molecule has 0 saturated carbocycles. The van der Waals surface area contributed by atoms with Crippen molar-refractivity contribution in [2.24, 2.45) is 0 Å². The first-order chi connectivity index (χ1) is 5.31. The molecule has 0 aliphatic carbocycles. The van der Waals surface area contributed by atoms with Crippen molar-refractivity contribution in [1.29, 1.82) is 0 Å². The molecule has 2 heterocycles. The van der Waals surface area contributed by atoms with Crippen LogP contribution in [-0.2, 0) is 9.47 Å². The number of fused-ring (bicyclic) bond motifs is 1. The van der Waals surface area contributed by atoms with Gasteiger partial charge in [0.2, 0.25) is 0 Å². The minimum absolute atomic E-state index is 0.0120. The molecule has 5 heteroatoms. The Bertz CT molecular complexity index is 183. The van der Waals surface area contributed by atoms with Gasteiger partial charge in [0.05, 0.1) is 12.7 Å². The van der Waals surface area contributed by atoms with Crippen LogP contribution in [0, 0.1) is 0 Å². The highest BCUT2D eigenvalue weighted by Gasteiger charge is 2.43. The molecule has 62 valence electrons. The lowest BCUT2D eigenvalue weighted by atomic mass is 10.2. The average Bonchev–Trinajstić information content (AvgIpc) is 2.02. The number of ether oxygens (including phenoxy) is 2. The molecule has 2 unspecified atom stereocenters. The molecule has 2 aliphatic heterocycles. The van der Waals surface area contributed by atoms with Gasteiger partial charge in [0.15, 0.2) is 6.23 Å². The van der Waals surface area contributed by atoms with Gasteiger partial charge in [-0.3, -0.25) is 0 Å². The summed E-state index contributed by atoms with van der Waals surface area (Å²) in [6.45, 7) is 0.233. The molecule has 0 spiro atoms. The Morgan fingerprint density at radius 3 is 3.09 bits per heavy atom. The summed E-state index contributed by atoms with van der Waals surface area (Å²) in [5, 5.41) is 8.70. The van der Waals surface area contributed by atoms with Gasteiger partial charge < -0.3 is 14.6 Å². The predicted molar refractivity (Wildman–Crippen MR) is 33.6 cm³/mol. The second kappa shape index (κ2) is 2.35. The zero-order valence-corrected chi connectivity index (χ0v) is 5.90. The van der Waals surface area contributed by atoms with Crippen molar-refractivity contribution >= 4 is 6.09 Å². The van der Waals surface area contributed by atoms with E-state index in [1.807, 2.05) is 0 Å². The monoisotopic (exact) mass is 159 g/mol. The minimum Gasteiger partial charge on any atom is -0.425 e. The molecule has 2 rings (SSSR count). The average molecular weight is 159 g/mol. The molecule has 0 aromatic carbocycles. The maximum Gasteiger partial charge on any atom is 0.416 e. The fourth-order valence-corrected chi connectivity index (χ4v) is 1.23. The van der Waals surface area contributed by atoms with Crippen LogP contribution >= 0.6 is 0 Å². The van der Waals surface area contributed by atoms with Gasteiger partial charge in [0.25, 0.3) is 0 Å². The Morgan fingerprint density at radius 1 is 1.73 bits per heavy atom. The molecule has 1 N–H and O–H groups in total. The molecule has 2 fully saturated rings. The fourth-order valence-electron chi connectivity index (χ4n) is 1.23. The number of carbonyl (C=O) groups excluding carboxylic acids is 1. The van der Waals surface area contributed by atoms with Crippen molar-refractivity contribution < 1.29 is 19.4 Å². The molecule has 11 heavy (non-hydrogen) atoms. The van der Waals surface area contributed by atoms with Gasteiger partial charge in [-0.1, -0.05) is 0 Å². The van der Waals surface area contributed by atoms with E-state index in [0.29, 0.717) is 6.42 Å². The van der Waals surface area contributed by atoms with Crippen LogP contribution < -0.4 is 0 Å². The Balaban J connectivity index is 1.92. The molecule has 2 aliphatic rings. The number of rotatable bonds is 1. The Hall–Kier alpha value is -0.810. The Kier molecular flexibility index (Phi) is 1.47. The Labute approximate surface area is 63.5 Å². The van der Waals surface area contributed by atoms with Crippen molar-refractivity contribution in [1.82, 2.24) is 4.90 Å². The van der Waals surface area contributed by atoms with E-state index in [1.54, 1.807) is 0 Å². The van der Waals surface area contributed by atoms with Crippen molar-refractivity contribution in [2.45, 2.75) is 18.8 Å². The van der Waals surface area contributed by atoms with Gasteiger partial charge in [0.1, 0.15) is 6.73 Å². The summed E-state index contributed by atoms with van der Waals surface area (Å²) in [4.78, 5) is 12.1. The second-order valence-electron chi connectivity index (χ2n) is 2.64. The minimum atomic E-state index is -0.327. The molecular weight excluding hydrogens is 150 g/mol. The normalized spacial score (nSPS) is 35.7. The van der Waals surface area contributed by atoms with E-state index >= 15 is 0 Å². The first-order valence-corrected chi connectivity index (χ1v) is 3.51. The van der Waals surface area contributed by atoms with E-state index in [4.69, 9.17) is 14.6 Å². The topological polar surface area (TPSA) is 59.0 Å². The number of hydrogen-bond donors (Lipinski definition) is 1. The van der Waals surface area contributed by atoms with Crippen LogP contribution in [-0.4, -0.2) is 41.8 Å². The van der Waals surface area contributed by atoms with E-state index in [1.165, 1.54) is 4.90 Å². The van der Waals surface area contributed by atoms with E-state index in [0.717, 1.165) is 0 Å². The lowest BCUT2D eigenvalue weighted by Gasteiger charge is -2.44. The molecule has 0 aromatic rings. The number of aliphatic hydroxyl groups is 1. The standard InChI is InChI=1S/C6H9NO4/c8-2-4-1-5-7(3-10-4)6(9)11-5/h4-5,8H,1-3H2. The maximum absolute atomic E-state index is 10.6. The second-order valence-corrected chi connectivity index (χ2v) is 2.64. The van der Waals surface area contributed by atoms with Crippen molar-refractivity contribution in [3.05, 3.63) is 0 Å². The van der Waals surface area contributed by atoms with Crippen molar-refractivity contribution in [3.63, 3.8) is 0 Å². The summed E-state index contributed by atoms with van der Waals surface area (Å²) in [5.74, 6) is 0. The molecule has 0 bridgehead atoms. The third kappa shape index (κ3) is 0.965. The third-order valence-electron chi connectivity index (χ3n) is 1.94. The molecule has 2 atom stereocenters. The van der Waals surface area contributed by atoms with E-state index in [-0.39, 0.29) is 31.8 Å². The van der Waals surface area contributed by atoms with Gasteiger partial charge in [-0.25, -0.2) is 9.69 Å². The first-order valence-electron chi connectivity index (χ1n) is 3.51. The number of amides is 1. The quantitative estimate of drug-likeness (QED) is 0.560.